The Morgan fingerprint density at radius 3 is 2.17 bits per heavy atom. The van der Waals surface area contributed by atoms with Gasteiger partial charge >= 0.3 is 0 Å². The molecule has 0 aliphatic heterocycles. The monoisotopic (exact) mass is 715 g/mol. The van der Waals surface area contributed by atoms with E-state index < -0.39 is 59.1 Å². The fourth-order valence-corrected chi connectivity index (χ4v) is 6.84. The number of nitrogens with two attached hydrogens (primary N) is 2. The molecule has 1 aromatic rings. The fraction of sp³-hybridized carbons (Fsp3) is 0.706. The maximum atomic E-state index is 14.3. The number of imide groups is 3. The van der Waals surface area contributed by atoms with Crippen molar-refractivity contribution in [3.05, 3.63) is 28.8 Å². The number of aliphatic hydroxyl groups excluding tert-OH is 1. The molecule has 0 radical (unpaired) electrons. The predicted molar refractivity (Wildman–Crippen MR) is 191 cm³/mol. The van der Waals surface area contributed by atoms with E-state index in [4.69, 9.17) is 16.6 Å². The molecule has 0 spiro atoms. The first-order valence-electron chi connectivity index (χ1n) is 16.9. The second kappa shape index (κ2) is 22.3. The summed E-state index contributed by atoms with van der Waals surface area (Å²) in [5.74, 6) is -2.59. The fourth-order valence-electron chi connectivity index (χ4n) is 6.25. The topological polar surface area (TPSA) is 196 Å². The maximum Gasteiger partial charge on any atom is 0.255 e. The maximum absolute atomic E-state index is 14.3. The average Bonchev–Trinajstić information content (AvgIpc) is 3.02. The van der Waals surface area contributed by atoms with E-state index in [1.165, 1.54) is 6.26 Å². The predicted octanol–water partition coefficient (Wildman–Crippen LogP) is 2.22. The lowest BCUT2D eigenvalue weighted by Crippen LogP contribution is -2.58. The molecule has 2 unspecified atom stereocenters. The number of carbonyl (C=O) groups is 4. The van der Waals surface area contributed by atoms with Crippen molar-refractivity contribution < 1.29 is 33.6 Å². The Balaban J connectivity index is 0.0000115. The number of amides is 4. The summed E-state index contributed by atoms with van der Waals surface area (Å²) in [5.41, 5.74) is 14.7. The highest BCUT2D eigenvalue weighted by Gasteiger charge is 2.39. The van der Waals surface area contributed by atoms with Crippen molar-refractivity contribution in [1.29, 1.82) is 0 Å². The molecule has 7 N–H and O–H groups in total. The van der Waals surface area contributed by atoms with Gasteiger partial charge in [0.05, 0.1) is 24.7 Å². The van der Waals surface area contributed by atoms with Crippen LogP contribution in [-0.4, -0.2) is 105 Å². The molecule has 1 aliphatic rings. The number of halogens is 1. The summed E-state index contributed by atoms with van der Waals surface area (Å²) in [4.78, 5) is 57.1. The molecule has 0 aromatic heterocycles. The zero-order valence-electron chi connectivity index (χ0n) is 29.1. The van der Waals surface area contributed by atoms with Gasteiger partial charge in [0.15, 0.2) is 0 Å². The highest BCUT2D eigenvalue weighted by atomic mass is 35.5. The van der Waals surface area contributed by atoms with Crippen LogP contribution in [-0.2, 0) is 36.4 Å². The Morgan fingerprint density at radius 2 is 1.58 bits per heavy atom. The minimum absolute atomic E-state index is 0. The molecule has 0 heterocycles. The van der Waals surface area contributed by atoms with E-state index in [-0.39, 0.29) is 49.3 Å². The summed E-state index contributed by atoms with van der Waals surface area (Å²) in [6.07, 6.45) is 10.6. The first-order chi connectivity index (χ1) is 22.3. The molecule has 4 amide bonds. The Hall–Kier alpha value is -2.42. The van der Waals surface area contributed by atoms with Crippen LogP contribution in [0.2, 0.25) is 0 Å². The van der Waals surface area contributed by atoms with Gasteiger partial charge in [-0.05, 0) is 94.3 Å². The van der Waals surface area contributed by atoms with Crippen LogP contribution in [0.5, 0.6) is 5.75 Å². The van der Waals surface area contributed by atoms with E-state index in [1.807, 2.05) is 11.9 Å². The smallest absolute Gasteiger partial charge is 0.255 e. The molecule has 12 nitrogen and oxygen atoms in total. The molecule has 4 atom stereocenters. The van der Waals surface area contributed by atoms with Gasteiger partial charge in [-0.1, -0.05) is 44.9 Å². The van der Waals surface area contributed by atoms with Crippen LogP contribution < -0.4 is 16.8 Å². The summed E-state index contributed by atoms with van der Waals surface area (Å²) in [7, 11) is 0.587. The van der Waals surface area contributed by atoms with Crippen LogP contribution in [0.4, 0.5) is 0 Å². The third-order valence-corrected chi connectivity index (χ3v) is 9.91. The van der Waals surface area contributed by atoms with Crippen molar-refractivity contribution >= 4 is 46.8 Å². The molecule has 48 heavy (non-hydrogen) atoms. The second-order valence-corrected chi connectivity index (χ2v) is 14.6. The van der Waals surface area contributed by atoms with E-state index >= 15 is 0 Å². The number of aryl methyl sites for hydroxylation is 2. The minimum Gasteiger partial charge on any atom is -0.508 e. The van der Waals surface area contributed by atoms with E-state index in [0.717, 1.165) is 68.1 Å². The number of unbranched alkanes of at least 4 members (excludes halogenated alkanes) is 3. The molecular weight excluding hydrogens is 658 g/mol. The number of rotatable bonds is 19. The second-order valence-electron chi connectivity index (χ2n) is 13.0. The average molecular weight is 716 g/mol. The van der Waals surface area contributed by atoms with Gasteiger partial charge in [0, 0.05) is 29.4 Å². The standard InChI is InChI=1S/C34H57N5O7S.ClH/c1-23-18-26(41)19-24(2)27(23)21-29(36)32(43)37-22-31(42)39(33(44)28(35)14-17-47(4)46)34(45)30(20-25-12-8-7-9-13-25)38(3)15-10-5-6-11-16-40;/h18-19,25,28-30,40-41H,5-17,20-22,35-36H2,1-4H3,(H,37,43);1H/t28?,29-,30+,47?;/m1./s1. The number of likely N-dealkylation sites (N-methyl/N-ethyl adjacent to an activating group) is 1. The Bertz CT molecular complexity index is 1210. The summed E-state index contributed by atoms with van der Waals surface area (Å²) in [5, 5.41) is 21.5. The van der Waals surface area contributed by atoms with Gasteiger partial charge in [0.25, 0.3) is 17.7 Å². The number of aromatic hydroxyl groups is 1. The quantitative estimate of drug-likeness (QED) is 0.133. The number of phenolic OH excluding ortho intramolecular Hbond substituents is 1. The van der Waals surface area contributed by atoms with Crippen LogP contribution >= 0.6 is 12.4 Å². The largest absolute Gasteiger partial charge is 0.508 e. The SMILES string of the molecule is Cc1cc(O)cc(C)c1C[C@@H](N)C(=O)NCC(=O)N(C(=O)C(N)CCS(C)=O)C(=O)[C@H](CC1CCCCC1)N(C)CCCCCCO.Cl. The Labute approximate surface area is 294 Å². The van der Waals surface area contributed by atoms with Crippen LogP contribution in [0.25, 0.3) is 0 Å². The summed E-state index contributed by atoms with van der Waals surface area (Å²) >= 11 is 0. The van der Waals surface area contributed by atoms with Crippen LogP contribution in [0.15, 0.2) is 12.1 Å². The third kappa shape index (κ3) is 14.2. The third-order valence-electron chi connectivity index (χ3n) is 9.10. The number of hydrogen-bond donors (Lipinski definition) is 5. The lowest BCUT2D eigenvalue weighted by atomic mass is 9.84. The molecule has 274 valence electrons. The minimum atomic E-state index is -1.23. The summed E-state index contributed by atoms with van der Waals surface area (Å²) < 4.78 is 11.7. The van der Waals surface area contributed by atoms with Crippen LogP contribution in [0, 0.1) is 19.8 Å². The Kier molecular flexibility index (Phi) is 20.3. The molecule has 2 rings (SSSR count). The molecule has 1 aliphatic carbocycles. The van der Waals surface area contributed by atoms with Crippen molar-refractivity contribution in [2.45, 2.75) is 109 Å². The van der Waals surface area contributed by atoms with E-state index in [0.29, 0.717) is 24.3 Å². The van der Waals surface area contributed by atoms with Gasteiger partial charge in [0.2, 0.25) is 5.91 Å². The van der Waals surface area contributed by atoms with Crippen LogP contribution in [0.1, 0.15) is 87.3 Å². The van der Waals surface area contributed by atoms with Gasteiger partial charge in [0.1, 0.15) is 5.75 Å². The first-order valence-corrected chi connectivity index (χ1v) is 18.6. The van der Waals surface area contributed by atoms with Gasteiger partial charge in [-0.2, -0.15) is 0 Å². The van der Waals surface area contributed by atoms with E-state index in [9.17, 15) is 28.5 Å². The van der Waals surface area contributed by atoms with Crippen molar-refractivity contribution in [3.8, 4) is 5.75 Å². The van der Waals surface area contributed by atoms with E-state index in [1.54, 1.807) is 26.0 Å². The van der Waals surface area contributed by atoms with Gasteiger partial charge in [-0.15, -0.1) is 12.4 Å². The molecule has 0 bridgehead atoms. The van der Waals surface area contributed by atoms with Crippen molar-refractivity contribution in [3.63, 3.8) is 0 Å². The zero-order chi connectivity index (χ0) is 35.1. The van der Waals surface area contributed by atoms with Crippen molar-refractivity contribution in [2.75, 3.05) is 38.8 Å². The molecule has 1 aromatic carbocycles. The van der Waals surface area contributed by atoms with Gasteiger partial charge in [-0.25, -0.2) is 4.90 Å². The number of hydrogen-bond acceptors (Lipinski definition) is 10. The normalized spacial score (nSPS) is 16.0. The summed E-state index contributed by atoms with van der Waals surface area (Å²) in [6, 6.07) is 0.152. The number of nitrogens with one attached hydrogen (secondary N) is 1. The number of nitrogens with zero attached hydrogens (tertiary/aromatic N) is 2. The molecule has 0 saturated heterocycles. The number of aliphatic hydroxyl groups is 1. The highest BCUT2D eigenvalue weighted by molar-refractivity contribution is 7.84. The highest BCUT2D eigenvalue weighted by Crippen LogP contribution is 2.29. The van der Waals surface area contributed by atoms with Crippen molar-refractivity contribution in [2.24, 2.45) is 17.4 Å². The number of carbonyl (C=O) groups excluding carboxylic acids is 4. The Morgan fingerprint density at radius 1 is 0.979 bits per heavy atom. The van der Waals surface area contributed by atoms with Gasteiger partial charge < -0.3 is 27.0 Å². The number of phenols is 1. The molecule has 1 fully saturated rings. The summed E-state index contributed by atoms with van der Waals surface area (Å²) in [6.45, 7) is 3.66. The van der Waals surface area contributed by atoms with Crippen molar-refractivity contribution in [1.82, 2.24) is 15.1 Å². The lowest BCUT2D eigenvalue weighted by Gasteiger charge is -2.35. The zero-order valence-corrected chi connectivity index (χ0v) is 30.7. The van der Waals surface area contributed by atoms with E-state index in [2.05, 4.69) is 5.32 Å². The van der Waals surface area contributed by atoms with Crippen LogP contribution in [0.3, 0.4) is 0 Å². The molecular formula is C34H58ClN5O7S. The molecule has 14 heteroatoms. The molecule has 1 saturated carbocycles. The number of benzene rings is 1. The van der Waals surface area contributed by atoms with Gasteiger partial charge in [-0.3, -0.25) is 28.3 Å². The first kappa shape index (κ1) is 43.6. The lowest BCUT2D eigenvalue weighted by molar-refractivity contribution is -0.157.